The van der Waals surface area contributed by atoms with Gasteiger partial charge in [-0.15, -0.1) is 0 Å². The molecule has 5 N–H and O–H groups in total. The van der Waals surface area contributed by atoms with Gasteiger partial charge in [0, 0.05) is 6.07 Å². The van der Waals surface area contributed by atoms with Gasteiger partial charge >= 0.3 is 13.7 Å². The molecule has 3 unspecified atom stereocenters. The number of aromatic amines is 1. The summed E-state index contributed by atoms with van der Waals surface area (Å²) in [5.41, 5.74) is 2.59. The quantitative estimate of drug-likeness (QED) is 0.171. The number of nitrogens with zero attached hydrogens (tertiary/aromatic N) is 3. The zero-order chi connectivity index (χ0) is 33.8. The number of carbonyl (C=O) groups is 1. The Morgan fingerprint density at radius 3 is 2.72 bits per heavy atom. The Balaban J connectivity index is 0.00000235. The summed E-state index contributed by atoms with van der Waals surface area (Å²) in [5.74, 6) is -1.88. The van der Waals surface area contributed by atoms with Crippen LogP contribution in [0.2, 0.25) is 5.02 Å². The number of aliphatic hydroxyl groups is 1. The van der Waals surface area contributed by atoms with Gasteiger partial charge in [0.05, 0.1) is 18.0 Å². The molecule has 6 atom stereocenters. The van der Waals surface area contributed by atoms with Crippen LogP contribution in [0.5, 0.6) is 5.75 Å². The molecule has 254 valence electrons. The Morgan fingerprint density at radius 2 is 2.04 bits per heavy atom. The molecule has 18 heteroatoms. The normalized spacial score (nSPS) is 25.3. The van der Waals surface area contributed by atoms with E-state index in [4.69, 9.17) is 35.9 Å². The average Bonchev–Trinajstić information content (AvgIpc) is 3.53. The molecular weight excluding hydrogens is 653 g/mol. The molecule has 1 aromatic carbocycles. The van der Waals surface area contributed by atoms with E-state index in [-0.39, 0.29) is 34.0 Å². The highest BCUT2D eigenvalue weighted by Gasteiger charge is 2.55. The third kappa shape index (κ3) is 7.86. The predicted octanol–water partition coefficient (Wildman–Crippen LogP) is 4.56. The summed E-state index contributed by atoms with van der Waals surface area (Å²) in [6, 6.07) is 1.96. The summed E-state index contributed by atoms with van der Waals surface area (Å²) < 4.78 is 66.9. The van der Waals surface area contributed by atoms with Crippen LogP contribution >= 0.6 is 19.3 Å². The Hall–Kier alpha value is -3.14. The van der Waals surface area contributed by atoms with E-state index in [0.29, 0.717) is 12.8 Å². The second kappa shape index (κ2) is 14.7. The van der Waals surface area contributed by atoms with Crippen molar-refractivity contribution in [2.75, 3.05) is 12.3 Å². The molecule has 46 heavy (non-hydrogen) atoms. The standard InChI is InChI=1S/C26H32ClF2N6O8P.C2H6/c1-13(23(37)41-14-6-4-3-5-7-14)34-44(39,43-15-8-9-17(28)16(27)10-15)40-11-18-20(29)26(2,38)24(42-18)35-12-31-19-21(35)32-25(30)33-22(19)36;1-2/h8-10,12-14,18,20,24,38H,3-7,11H2,1-2H3,(H,34,39)(H3,30,32,33,36);1-2H3/t13?,18-,20-,24?,26-,44?;/m1./s1. The zero-order valence-corrected chi connectivity index (χ0v) is 27.4. The highest BCUT2D eigenvalue weighted by molar-refractivity contribution is 7.52. The molecule has 0 amide bonds. The molecule has 3 heterocycles. The summed E-state index contributed by atoms with van der Waals surface area (Å²) in [6.07, 6.45) is 0.0332. The van der Waals surface area contributed by atoms with Crippen LogP contribution in [0.15, 0.2) is 29.3 Å². The second-order valence-corrected chi connectivity index (χ2v) is 13.0. The Labute approximate surface area is 268 Å². The summed E-state index contributed by atoms with van der Waals surface area (Å²) in [4.78, 5) is 35.3. The van der Waals surface area contributed by atoms with Gasteiger partial charge in [-0.3, -0.25) is 23.7 Å². The first-order chi connectivity index (χ1) is 21.8. The Bertz CT molecular complexity index is 1630. The van der Waals surface area contributed by atoms with Crippen LogP contribution in [0.1, 0.15) is 66.0 Å². The molecule has 2 aliphatic rings. The number of imidazole rings is 1. The fourth-order valence-electron chi connectivity index (χ4n) is 5.14. The van der Waals surface area contributed by atoms with Crippen molar-refractivity contribution >= 4 is 42.4 Å². The van der Waals surface area contributed by atoms with Crippen LogP contribution in [0.4, 0.5) is 14.7 Å². The number of ether oxygens (including phenoxy) is 2. The summed E-state index contributed by atoms with van der Waals surface area (Å²) in [5, 5.41) is 13.2. The van der Waals surface area contributed by atoms with Crippen molar-refractivity contribution in [3.05, 3.63) is 45.7 Å². The topological polar surface area (TPSA) is 193 Å². The highest BCUT2D eigenvalue weighted by atomic mass is 35.5. The van der Waals surface area contributed by atoms with Crippen LogP contribution in [-0.4, -0.2) is 67.2 Å². The van der Waals surface area contributed by atoms with Crippen LogP contribution in [0, 0.1) is 5.82 Å². The maximum absolute atomic E-state index is 15.6. The van der Waals surface area contributed by atoms with Gasteiger partial charge < -0.3 is 24.8 Å². The van der Waals surface area contributed by atoms with Crippen LogP contribution in [0.3, 0.4) is 0 Å². The summed E-state index contributed by atoms with van der Waals surface area (Å²) in [7, 11) is -4.55. The minimum absolute atomic E-state index is 0.0699. The molecule has 2 fully saturated rings. The lowest BCUT2D eigenvalue weighted by Gasteiger charge is -2.27. The molecule has 1 aliphatic heterocycles. The van der Waals surface area contributed by atoms with Crippen molar-refractivity contribution in [1.82, 2.24) is 24.6 Å². The van der Waals surface area contributed by atoms with Crippen molar-refractivity contribution in [3.8, 4) is 5.75 Å². The van der Waals surface area contributed by atoms with Gasteiger partial charge in [-0.05, 0) is 51.7 Å². The van der Waals surface area contributed by atoms with Gasteiger partial charge in [-0.2, -0.15) is 10.1 Å². The van der Waals surface area contributed by atoms with Crippen molar-refractivity contribution in [1.29, 1.82) is 0 Å². The zero-order valence-electron chi connectivity index (χ0n) is 25.7. The SMILES string of the molecule is CC.CC(NP(=O)(OC[C@H]1OC(n2cnc3c(=O)[nH]c(N)nc32)[C@](C)(O)[C@@H]1F)Oc1ccc(F)c(Cl)c1)C(=O)OC1CCCCC1. The molecule has 0 bridgehead atoms. The number of benzene rings is 1. The number of carbonyl (C=O) groups excluding carboxylic acids is 1. The molecule has 0 spiro atoms. The molecular formula is C28H38ClF2N6O8P. The van der Waals surface area contributed by atoms with E-state index in [0.717, 1.165) is 55.3 Å². The van der Waals surface area contributed by atoms with E-state index >= 15 is 4.39 Å². The molecule has 1 saturated heterocycles. The number of hydrogen-bond acceptors (Lipinski definition) is 11. The number of nitrogen functional groups attached to an aromatic ring is 1. The minimum atomic E-state index is -4.55. The van der Waals surface area contributed by atoms with Crippen LogP contribution in [-0.2, 0) is 23.4 Å². The number of rotatable bonds is 10. The number of fused-ring (bicyclic) bond motifs is 1. The van der Waals surface area contributed by atoms with Gasteiger partial charge in [0.2, 0.25) is 5.95 Å². The van der Waals surface area contributed by atoms with Gasteiger partial charge in [0.15, 0.2) is 23.6 Å². The first kappa shape index (κ1) is 35.7. The molecule has 5 rings (SSSR count). The number of anilines is 1. The Kier molecular flexibility index (Phi) is 11.4. The van der Waals surface area contributed by atoms with Gasteiger partial charge in [-0.25, -0.2) is 18.3 Å². The largest absolute Gasteiger partial charge is 0.461 e. The first-order valence-electron chi connectivity index (χ1n) is 14.9. The smallest absolute Gasteiger partial charge is 0.459 e. The molecule has 3 aromatic rings. The predicted molar refractivity (Wildman–Crippen MR) is 164 cm³/mol. The molecule has 1 saturated carbocycles. The monoisotopic (exact) mass is 690 g/mol. The first-order valence-corrected chi connectivity index (χ1v) is 16.8. The van der Waals surface area contributed by atoms with E-state index in [1.807, 2.05) is 13.8 Å². The molecule has 0 radical (unpaired) electrons. The van der Waals surface area contributed by atoms with Crippen LogP contribution < -0.4 is 20.9 Å². The second-order valence-electron chi connectivity index (χ2n) is 10.9. The minimum Gasteiger partial charge on any atom is -0.461 e. The summed E-state index contributed by atoms with van der Waals surface area (Å²) in [6.45, 7) is 5.79. The lowest BCUT2D eigenvalue weighted by Crippen LogP contribution is -2.42. The third-order valence-electron chi connectivity index (χ3n) is 7.46. The number of nitrogens with two attached hydrogens (primary N) is 1. The van der Waals surface area contributed by atoms with Gasteiger partial charge in [0.25, 0.3) is 5.56 Å². The van der Waals surface area contributed by atoms with E-state index < -0.39 is 61.8 Å². The number of hydrogen-bond donors (Lipinski definition) is 4. The van der Waals surface area contributed by atoms with Crippen molar-refractivity contribution in [3.63, 3.8) is 0 Å². The number of H-pyrrole nitrogens is 1. The number of esters is 1. The van der Waals surface area contributed by atoms with Crippen molar-refractivity contribution in [2.24, 2.45) is 0 Å². The fourth-order valence-corrected chi connectivity index (χ4v) is 6.81. The van der Waals surface area contributed by atoms with E-state index in [1.165, 1.54) is 6.92 Å². The van der Waals surface area contributed by atoms with Gasteiger partial charge in [0.1, 0.15) is 35.4 Å². The van der Waals surface area contributed by atoms with E-state index in [2.05, 4.69) is 20.0 Å². The fraction of sp³-hybridized carbons (Fsp3) is 0.571. The van der Waals surface area contributed by atoms with Crippen LogP contribution in [0.25, 0.3) is 11.2 Å². The maximum atomic E-state index is 15.6. The molecule has 2 aromatic heterocycles. The maximum Gasteiger partial charge on any atom is 0.459 e. The average molecular weight is 691 g/mol. The number of alkyl halides is 1. The lowest BCUT2D eigenvalue weighted by atomic mass is 9.98. The van der Waals surface area contributed by atoms with Crippen molar-refractivity contribution < 1.29 is 41.8 Å². The highest BCUT2D eigenvalue weighted by Crippen LogP contribution is 2.48. The van der Waals surface area contributed by atoms with E-state index in [9.17, 15) is 23.7 Å². The molecule has 1 aliphatic carbocycles. The van der Waals surface area contributed by atoms with Crippen molar-refractivity contribution in [2.45, 2.75) is 96.0 Å². The van der Waals surface area contributed by atoms with E-state index in [1.54, 1.807) is 0 Å². The summed E-state index contributed by atoms with van der Waals surface area (Å²) >= 11 is 5.85. The Morgan fingerprint density at radius 1 is 1.35 bits per heavy atom. The lowest BCUT2D eigenvalue weighted by molar-refractivity contribution is -0.152. The van der Waals surface area contributed by atoms with Gasteiger partial charge in [-0.1, -0.05) is 31.9 Å². The number of aromatic nitrogens is 4. The third-order valence-corrected chi connectivity index (χ3v) is 9.39. The molecule has 14 nitrogen and oxygen atoms in total. The number of halogens is 3. The number of nitrogens with one attached hydrogen (secondary N) is 2.